The Kier molecular flexibility index (Phi) is 3.74. The van der Waals surface area contributed by atoms with E-state index in [-0.39, 0.29) is 6.42 Å². The fraction of sp³-hybridized carbons (Fsp3) is 0.455. The van der Waals surface area contributed by atoms with Crippen LogP contribution in [0, 0.1) is 6.92 Å². The molecule has 0 heterocycles. The van der Waals surface area contributed by atoms with Crippen LogP contribution in [0.5, 0.6) is 0 Å². The minimum Gasteiger partial charge on any atom is -0.327 e. The number of aryl methyl sites for hydroxylation is 1. The zero-order valence-electron chi connectivity index (χ0n) is 8.51. The molecule has 0 amide bonds. The molecule has 1 aromatic carbocycles. The highest BCUT2D eigenvalue weighted by molar-refractivity contribution is 5.21. The molecule has 0 fully saturated rings. The third-order valence-electron chi connectivity index (χ3n) is 2.11. The van der Waals surface area contributed by atoms with Crippen molar-refractivity contribution in [3.63, 3.8) is 0 Å². The summed E-state index contributed by atoms with van der Waals surface area (Å²) < 4.78 is 36.0. The van der Waals surface area contributed by atoms with Crippen LogP contribution in [0.4, 0.5) is 13.2 Å². The average molecular weight is 217 g/mol. The lowest BCUT2D eigenvalue weighted by atomic mass is 10.0. The molecule has 0 saturated heterocycles. The summed E-state index contributed by atoms with van der Waals surface area (Å²) in [6, 6.07) is 6.51. The normalized spacial score (nSPS) is 13.9. The smallest absolute Gasteiger partial charge is 0.327 e. The van der Waals surface area contributed by atoms with E-state index in [0.717, 1.165) is 11.1 Å². The second-order valence-electron chi connectivity index (χ2n) is 3.77. The number of alkyl halides is 3. The maximum absolute atomic E-state index is 12.0. The first kappa shape index (κ1) is 12.0. The Morgan fingerprint density at radius 1 is 1.20 bits per heavy atom. The number of benzene rings is 1. The van der Waals surface area contributed by atoms with E-state index in [0.29, 0.717) is 0 Å². The average Bonchev–Trinajstić information content (AvgIpc) is 2.05. The molecule has 1 unspecified atom stereocenters. The van der Waals surface area contributed by atoms with E-state index >= 15 is 0 Å². The predicted molar refractivity (Wildman–Crippen MR) is 53.5 cm³/mol. The number of halogens is 3. The Labute approximate surface area is 87.1 Å². The summed E-state index contributed by atoms with van der Waals surface area (Å²) in [7, 11) is 0. The Hall–Kier alpha value is -1.03. The van der Waals surface area contributed by atoms with E-state index in [9.17, 15) is 13.2 Å². The summed E-state index contributed by atoms with van der Waals surface area (Å²) in [5.74, 6) is 0. The minimum absolute atomic E-state index is 0.264. The molecule has 2 N–H and O–H groups in total. The van der Waals surface area contributed by atoms with Crippen molar-refractivity contribution in [3.05, 3.63) is 35.4 Å². The topological polar surface area (TPSA) is 26.0 Å². The molecule has 0 saturated carbocycles. The number of rotatable bonds is 3. The zero-order chi connectivity index (χ0) is 11.5. The maximum Gasteiger partial charge on any atom is 0.390 e. The zero-order valence-corrected chi connectivity index (χ0v) is 8.51. The molecule has 0 aliphatic rings. The third kappa shape index (κ3) is 4.83. The van der Waals surface area contributed by atoms with Crippen molar-refractivity contribution in [2.75, 3.05) is 0 Å². The summed E-state index contributed by atoms with van der Waals surface area (Å²) >= 11 is 0. The summed E-state index contributed by atoms with van der Waals surface area (Å²) in [5, 5.41) is 0. The third-order valence-corrected chi connectivity index (χ3v) is 2.11. The first-order valence-electron chi connectivity index (χ1n) is 4.75. The second kappa shape index (κ2) is 4.66. The highest BCUT2D eigenvalue weighted by Gasteiger charge is 2.30. The molecule has 15 heavy (non-hydrogen) atoms. The Morgan fingerprint density at radius 3 is 2.20 bits per heavy atom. The Morgan fingerprint density at radius 2 is 1.73 bits per heavy atom. The summed E-state index contributed by atoms with van der Waals surface area (Å²) in [5.41, 5.74) is 7.34. The van der Waals surface area contributed by atoms with Gasteiger partial charge in [0.25, 0.3) is 0 Å². The van der Waals surface area contributed by atoms with Gasteiger partial charge in [0.05, 0.1) is 6.42 Å². The van der Waals surface area contributed by atoms with Crippen LogP contribution in [0.25, 0.3) is 0 Å². The number of hydrogen-bond acceptors (Lipinski definition) is 1. The van der Waals surface area contributed by atoms with Crippen LogP contribution in [0.15, 0.2) is 24.3 Å². The van der Waals surface area contributed by atoms with E-state index in [2.05, 4.69) is 0 Å². The van der Waals surface area contributed by atoms with Crippen LogP contribution in [0.3, 0.4) is 0 Å². The van der Waals surface area contributed by atoms with Gasteiger partial charge >= 0.3 is 6.18 Å². The molecule has 1 nitrogen and oxygen atoms in total. The van der Waals surface area contributed by atoms with Gasteiger partial charge in [0, 0.05) is 6.04 Å². The van der Waals surface area contributed by atoms with Crippen molar-refractivity contribution < 1.29 is 13.2 Å². The van der Waals surface area contributed by atoms with E-state index in [1.165, 1.54) is 0 Å². The highest BCUT2D eigenvalue weighted by atomic mass is 19.4. The molecule has 0 aliphatic carbocycles. The monoisotopic (exact) mass is 217 g/mol. The van der Waals surface area contributed by atoms with Crippen LogP contribution in [-0.4, -0.2) is 12.2 Å². The van der Waals surface area contributed by atoms with Crippen molar-refractivity contribution in [1.29, 1.82) is 0 Å². The van der Waals surface area contributed by atoms with Gasteiger partial charge < -0.3 is 5.73 Å². The lowest BCUT2D eigenvalue weighted by Gasteiger charge is -2.13. The molecule has 0 spiro atoms. The first-order valence-corrected chi connectivity index (χ1v) is 4.75. The van der Waals surface area contributed by atoms with Crippen molar-refractivity contribution in [2.45, 2.75) is 32.0 Å². The fourth-order valence-electron chi connectivity index (χ4n) is 1.40. The van der Waals surface area contributed by atoms with E-state index in [1.807, 2.05) is 31.2 Å². The SMILES string of the molecule is Cc1ccc(CC(N)CC(F)(F)F)cc1. The van der Waals surface area contributed by atoms with Crippen LogP contribution in [-0.2, 0) is 6.42 Å². The first-order chi connectivity index (χ1) is 6.87. The van der Waals surface area contributed by atoms with Gasteiger partial charge in [-0.25, -0.2) is 0 Å². The highest BCUT2D eigenvalue weighted by Crippen LogP contribution is 2.22. The van der Waals surface area contributed by atoms with Crippen LogP contribution in [0.1, 0.15) is 17.5 Å². The summed E-state index contributed by atoms with van der Waals surface area (Å²) in [4.78, 5) is 0. The standard InChI is InChI=1S/C11H14F3N/c1-8-2-4-9(5-3-8)6-10(15)7-11(12,13)14/h2-5,10H,6-7,15H2,1H3. The lowest BCUT2D eigenvalue weighted by molar-refractivity contribution is -0.138. The molecule has 4 heteroatoms. The summed E-state index contributed by atoms with van der Waals surface area (Å²) in [6.45, 7) is 1.93. The van der Waals surface area contributed by atoms with Crippen LogP contribution in [0.2, 0.25) is 0 Å². The molecular formula is C11H14F3N. The quantitative estimate of drug-likeness (QED) is 0.827. The van der Waals surface area contributed by atoms with Gasteiger partial charge in [0.15, 0.2) is 0 Å². The van der Waals surface area contributed by atoms with Crippen molar-refractivity contribution in [1.82, 2.24) is 0 Å². The lowest BCUT2D eigenvalue weighted by Crippen LogP contribution is -2.29. The van der Waals surface area contributed by atoms with Gasteiger partial charge in [-0.1, -0.05) is 29.8 Å². The van der Waals surface area contributed by atoms with Crippen LogP contribution >= 0.6 is 0 Å². The molecule has 0 aliphatic heterocycles. The minimum atomic E-state index is -4.18. The van der Waals surface area contributed by atoms with Gasteiger partial charge in [-0.2, -0.15) is 13.2 Å². The molecule has 1 aromatic rings. The molecule has 0 radical (unpaired) electrons. The largest absolute Gasteiger partial charge is 0.390 e. The van der Waals surface area contributed by atoms with Gasteiger partial charge in [-0.15, -0.1) is 0 Å². The van der Waals surface area contributed by atoms with Gasteiger partial charge in [-0.05, 0) is 18.9 Å². The molecule has 1 atom stereocenters. The van der Waals surface area contributed by atoms with E-state index < -0.39 is 18.6 Å². The van der Waals surface area contributed by atoms with Crippen molar-refractivity contribution in [3.8, 4) is 0 Å². The van der Waals surface area contributed by atoms with Crippen molar-refractivity contribution in [2.24, 2.45) is 5.73 Å². The second-order valence-corrected chi connectivity index (χ2v) is 3.77. The van der Waals surface area contributed by atoms with Gasteiger partial charge in [0.2, 0.25) is 0 Å². The molecule has 0 aromatic heterocycles. The van der Waals surface area contributed by atoms with E-state index in [4.69, 9.17) is 5.73 Å². The van der Waals surface area contributed by atoms with Gasteiger partial charge in [-0.3, -0.25) is 0 Å². The maximum atomic E-state index is 12.0. The molecule has 1 rings (SSSR count). The molecular weight excluding hydrogens is 203 g/mol. The van der Waals surface area contributed by atoms with Gasteiger partial charge in [0.1, 0.15) is 0 Å². The Bertz CT molecular complexity index is 303. The predicted octanol–water partition coefficient (Wildman–Crippen LogP) is 2.82. The molecule has 0 bridgehead atoms. The number of hydrogen-bond donors (Lipinski definition) is 1. The van der Waals surface area contributed by atoms with Crippen LogP contribution < -0.4 is 5.73 Å². The summed E-state index contributed by atoms with van der Waals surface area (Å²) in [6.07, 6.45) is -4.84. The van der Waals surface area contributed by atoms with Crippen molar-refractivity contribution >= 4 is 0 Å². The Balaban J connectivity index is 2.51. The fourth-order valence-corrected chi connectivity index (χ4v) is 1.40. The number of nitrogens with two attached hydrogens (primary N) is 1. The molecule has 84 valence electrons. The van der Waals surface area contributed by atoms with E-state index in [1.54, 1.807) is 0 Å².